The maximum Gasteiger partial charge on any atom is 0.279 e. The van der Waals surface area contributed by atoms with Crippen molar-refractivity contribution in [3.8, 4) is 0 Å². The number of fused-ring (bicyclic) bond motifs is 1. The summed E-state index contributed by atoms with van der Waals surface area (Å²) in [5.41, 5.74) is 5.60. The predicted molar refractivity (Wildman–Crippen MR) is 112 cm³/mol. The Bertz CT molecular complexity index is 1050. The molecule has 0 aromatic heterocycles. The Hall–Kier alpha value is -3.63. The molecule has 0 spiro atoms. The van der Waals surface area contributed by atoms with Crippen molar-refractivity contribution in [3.63, 3.8) is 0 Å². The fourth-order valence-electron chi connectivity index (χ4n) is 3.34. The Kier molecular flexibility index (Phi) is 4.79. The second-order valence-electron chi connectivity index (χ2n) is 6.55. The van der Waals surface area contributed by atoms with Crippen molar-refractivity contribution in [2.45, 2.75) is 5.60 Å². The van der Waals surface area contributed by atoms with Crippen LogP contribution in [-0.2, 0) is 10.4 Å². The lowest BCUT2D eigenvalue weighted by atomic mass is 9.85. The van der Waals surface area contributed by atoms with E-state index < -0.39 is 11.5 Å². The molecular formula is C24H20N2O2. The van der Waals surface area contributed by atoms with Crippen LogP contribution in [0.25, 0.3) is 10.8 Å². The van der Waals surface area contributed by atoms with E-state index in [1.165, 1.54) is 0 Å². The first kappa shape index (κ1) is 17.8. The van der Waals surface area contributed by atoms with Gasteiger partial charge in [0.2, 0.25) is 0 Å². The Morgan fingerprint density at radius 1 is 0.679 bits per heavy atom. The lowest BCUT2D eigenvalue weighted by Crippen LogP contribution is -2.47. The first-order valence-corrected chi connectivity index (χ1v) is 9.07. The Labute approximate surface area is 163 Å². The third-order valence-corrected chi connectivity index (χ3v) is 4.81. The van der Waals surface area contributed by atoms with Crippen molar-refractivity contribution < 1.29 is 9.90 Å². The van der Waals surface area contributed by atoms with Crippen molar-refractivity contribution in [1.29, 1.82) is 0 Å². The van der Waals surface area contributed by atoms with Crippen molar-refractivity contribution in [2.24, 2.45) is 0 Å². The monoisotopic (exact) mass is 368 g/mol. The van der Waals surface area contributed by atoms with Crippen LogP contribution in [0, 0.1) is 0 Å². The molecular weight excluding hydrogens is 348 g/mol. The molecule has 0 fully saturated rings. The number of benzene rings is 4. The molecule has 0 aliphatic rings. The van der Waals surface area contributed by atoms with Gasteiger partial charge in [-0.25, -0.2) is 0 Å². The van der Waals surface area contributed by atoms with Gasteiger partial charge in [-0.3, -0.25) is 15.6 Å². The van der Waals surface area contributed by atoms with Gasteiger partial charge in [0.25, 0.3) is 5.91 Å². The summed E-state index contributed by atoms with van der Waals surface area (Å²) in [5, 5.41) is 13.5. The number of anilines is 1. The van der Waals surface area contributed by atoms with E-state index in [1.54, 1.807) is 48.5 Å². The SMILES string of the molecule is O=C(NNc1cccc2ccccc12)C(O)(c1ccccc1)c1ccccc1. The van der Waals surface area contributed by atoms with Gasteiger partial charge in [-0.2, -0.15) is 0 Å². The van der Waals surface area contributed by atoms with Crippen LogP contribution in [-0.4, -0.2) is 11.0 Å². The number of carbonyl (C=O) groups excluding carboxylic acids is 1. The molecule has 138 valence electrons. The molecule has 0 bridgehead atoms. The van der Waals surface area contributed by atoms with E-state index >= 15 is 0 Å². The Morgan fingerprint density at radius 2 is 1.21 bits per heavy atom. The van der Waals surface area contributed by atoms with Crippen molar-refractivity contribution >= 4 is 22.4 Å². The van der Waals surface area contributed by atoms with E-state index in [-0.39, 0.29) is 0 Å². The van der Waals surface area contributed by atoms with Crippen LogP contribution >= 0.6 is 0 Å². The van der Waals surface area contributed by atoms with Gasteiger partial charge >= 0.3 is 0 Å². The molecule has 0 atom stereocenters. The minimum atomic E-state index is -1.82. The maximum absolute atomic E-state index is 13.2. The molecule has 4 nitrogen and oxygen atoms in total. The third-order valence-electron chi connectivity index (χ3n) is 4.81. The molecule has 28 heavy (non-hydrogen) atoms. The van der Waals surface area contributed by atoms with Crippen molar-refractivity contribution in [2.75, 3.05) is 5.43 Å². The highest BCUT2D eigenvalue weighted by molar-refractivity contribution is 5.96. The van der Waals surface area contributed by atoms with Gasteiger partial charge in [-0.05, 0) is 22.6 Å². The summed E-state index contributed by atoms with van der Waals surface area (Å²) in [6, 6.07) is 31.6. The molecule has 1 amide bonds. The number of nitrogens with one attached hydrogen (secondary N) is 2. The summed E-state index contributed by atoms with van der Waals surface area (Å²) in [7, 11) is 0. The molecule has 4 heteroatoms. The Balaban J connectivity index is 1.67. The lowest BCUT2D eigenvalue weighted by Gasteiger charge is -2.28. The molecule has 0 saturated carbocycles. The third kappa shape index (κ3) is 3.21. The largest absolute Gasteiger partial charge is 0.372 e. The van der Waals surface area contributed by atoms with E-state index in [0.29, 0.717) is 11.1 Å². The average Bonchev–Trinajstić information content (AvgIpc) is 2.78. The van der Waals surface area contributed by atoms with E-state index in [4.69, 9.17) is 0 Å². The standard InChI is InChI=1S/C24H20N2O2/c27-23(26-25-22-17-9-11-18-10-7-8-16-21(18)22)24(28,19-12-3-1-4-13-19)20-14-5-2-6-15-20/h1-17,25,28H,(H,26,27). The van der Waals surface area contributed by atoms with Gasteiger partial charge in [0, 0.05) is 5.39 Å². The molecule has 0 heterocycles. The van der Waals surface area contributed by atoms with Crippen LogP contribution in [0.2, 0.25) is 0 Å². The first-order chi connectivity index (χ1) is 13.7. The van der Waals surface area contributed by atoms with E-state index in [2.05, 4.69) is 10.9 Å². The summed E-state index contributed by atoms with van der Waals surface area (Å²) in [5.74, 6) is -0.558. The maximum atomic E-state index is 13.2. The van der Waals surface area contributed by atoms with Gasteiger partial charge < -0.3 is 5.11 Å². The van der Waals surface area contributed by atoms with Crippen LogP contribution in [0.5, 0.6) is 0 Å². The zero-order valence-corrected chi connectivity index (χ0v) is 15.2. The smallest absolute Gasteiger partial charge is 0.279 e. The van der Waals surface area contributed by atoms with Crippen molar-refractivity contribution in [1.82, 2.24) is 5.43 Å². The molecule has 4 aromatic carbocycles. The van der Waals surface area contributed by atoms with E-state index in [1.807, 2.05) is 54.6 Å². The number of carbonyl (C=O) groups is 1. The molecule has 4 aromatic rings. The number of aliphatic hydroxyl groups is 1. The number of hydrogen-bond acceptors (Lipinski definition) is 3. The fourth-order valence-corrected chi connectivity index (χ4v) is 3.34. The highest BCUT2D eigenvalue weighted by Gasteiger charge is 2.39. The summed E-state index contributed by atoms with van der Waals surface area (Å²) in [6.45, 7) is 0. The van der Waals surface area contributed by atoms with Gasteiger partial charge in [0.05, 0.1) is 5.69 Å². The highest BCUT2D eigenvalue weighted by atomic mass is 16.3. The summed E-state index contributed by atoms with van der Waals surface area (Å²) >= 11 is 0. The van der Waals surface area contributed by atoms with E-state index in [0.717, 1.165) is 16.5 Å². The average molecular weight is 368 g/mol. The molecule has 0 unspecified atom stereocenters. The normalized spacial score (nSPS) is 11.2. The topological polar surface area (TPSA) is 61.4 Å². The van der Waals surface area contributed by atoms with Crippen LogP contribution in [0.4, 0.5) is 5.69 Å². The number of hydrazine groups is 1. The predicted octanol–water partition coefficient (Wildman–Crippen LogP) is 4.22. The molecule has 0 aliphatic carbocycles. The molecule has 0 saturated heterocycles. The summed E-state index contributed by atoms with van der Waals surface area (Å²) in [6.07, 6.45) is 0. The Morgan fingerprint density at radius 3 is 1.86 bits per heavy atom. The first-order valence-electron chi connectivity index (χ1n) is 9.07. The van der Waals surface area contributed by atoms with Crippen LogP contribution in [0.15, 0.2) is 103 Å². The zero-order chi connectivity index (χ0) is 19.4. The lowest BCUT2D eigenvalue weighted by molar-refractivity contribution is -0.136. The summed E-state index contributed by atoms with van der Waals surface area (Å²) < 4.78 is 0. The van der Waals surface area contributed by atoms with Gasteiger partial charge in [-0.15, -0.1) is 0 Å². The van der Waals surface area contributed by atoms with Gasteiger partial charge in [-0.1, -0.05) is 97.1 Å². The second-order valence-corrected chi connectivity index (χ2v) is 6.55. The minimum absolute atomic E-state index is 0.499. The van der Waals surface area contributed by atoms with Crippen LogP contribution in [0.1, 0.15) is 11.1 Å². The van der Waals surface area contributed by atoms with E-state index in [9.17, 15) is 9.90 Å². The minimum Gasteiger partial charge on any atom is -0.372 e. The summed E-state index contributed by atoms with van der Waals surface area (Å²) in [4.78, 5) is 13.2. The molecule has 3 N–H and O–H groups in total. The zero-order valence-electron chi connectivity index (χ0n) is 15.2. The molecule has 4 rings (SSSR count). The van der Waals surface area contributed by atoms with Crippen LogP contribution < -0.4 is 10.9 Å². The number of rotatable bonds is 5. The van der Waals surface area contributed by atoms with Crippen molar-refractivity contribution in [3.05, 3.63) is 114 Å². The van der Waals surface area contributed by atoms with Crippen LogP contribution in [0.3, 0.4) is 0 Å². The second kappa shape index (κ2) is 7.55. The number of hydrogen-bond donors (Lipinski definition) is 3. The number of amides is 1. The highest BCUT2D eigenvalue weighted by Crippen LogP contribution is 2.30. The molecule has 0 aliphatic heterocycles. The quantitative estimate of drug-likeness (QED) is 0.462. The van der Waals surface area contributed by atoms with Gasteiger partial charge in [0.15, 0.2) is 5.60 Å². The molecule has 0 radical (unpaired) electrons. The fraction of sp³-hybridized carbons (Fsp3) is 0.0417. The van der Waals surface area contributed by atoms with Gasteiger partial charge in [0.1, 0.15) is 0 Å².